The normalized spacial score (nSPS) is 11.1. The number of nitrogens with one attached hydrogen (secondary N) is 1. The fraction of sp³-hybridized carbons (Fsp3) is 0.500. The lowest BCUT2D eigenvalue weighted by molar-refractivity contribution is -0.116. The summed E-state index contributed by atoms with van der Waals surface area (Å²) in [6.45, 7) is 0. The van der Waals surface area contributed by atoms with Crippen molar-refractivity contribution in [2.24, 2.45) is 5.73 Å². The number of nitrogens with two attached hydrogens (primary N) is 1. The molecule has 3 nitrogen and oxygen atoms in total. The third kappa shape index (κ3) is 4.40. The molecule has 0 fully saturated rings. The average molecular weight is 337 g/mol. The Morgan fingerprint density at radius 3 is 2.00 bits per heavy atom. The average Bonchev–Trinajstić information content (AvgIpc) is 1.60. The monoisotopic (exact) mass is 334 g/mol. The molecule has 0 atom stereocenters. The summed E-state index contributed by atoms with van der Waals surface area (Å²) in [4.78, 5) is 10.3. The highest BCUT2D eigenvalue weighted by Crippen LogP contribution is 2.35. The lowest BCUT2D eigenvalue weighted by atomic mass is 10.3. The molecule has 0 aliphatic carbocycles. The van der Waals surface area contributed by atoms with Gasteiger partial charge < -0.3 is 11.1 Å². The van der Waals surface area contributed by atoms with Crippen LogP contribution in [0.3, 0.4) is 0 Å². The van der Waals surface area contributed by atoms with Crippen molar-refractivity contribution in [3.8, 4) is 0 Å². The molecule has 6 heteroatoms. The summed E-state index contributed by atoms with van der Waals surface area (Å²) in [6, 6.07) is 0. The van der Waals surface area contributed by atoms with Crippen molar-refractivity contribution in [3.05, 3.63) is 0 Å². The smallest absolute Gasteiger partial charge is 0.223 e. The minimum atomic E-state index is -0.790. The molecule has 0 aliphatic heterocycles. The number of amides is 1. The fourth-order valence-electron chi connectivity index (χ4n) is 0.274. The summed E-state index contributed by atoms with van der Waals surface area (Å²) in [5.41, 5.74) is 4.99. The highest BCUT2D eigenvalue weighted by Gasteiger charge is 2.25. The molecule has 10 heavy (non-hydrogen) atoms. The van der Waals surface area contributed by atoms with Crippen LogP contribution in [-0.4, -0.2) is 13.8 Å². The Morgan fingerprint density at radius 1 is 1.50 bits per heavy atom. The topological polar surface area (TPSA) is 66.9 Å². The summed E-state index contributed by atoms with van der Waals surface area (Å²) in [5.74, 6) is -0.521. The molecule has 0 aromatic carbocycles. The van der Waals surface area contributed by atoms with E-state index in [0.717, 1.165) is 0 Å². The third-order valence-corrected chi connectivity index (χ3v) is 2.13. The Morgan fingerprint density at radius 2 is 1.90 bits per heavy atom. The van der Waals surface area contributed by atoms with E-state index in [0.29, 0.717) is 0 Å². The Bertz CT molecular complexity index is 162. The van der Waals surface area contributed by atoms with Crippen molar-refractivity contribution in [1.29, 1.82) is 5.41 Å². The largest absolute Gasteiger partial charge is 0.369 e. The number of primary amides is 1. The molecular formula is C4H5Br3N2O. The van der Waals surface area contributed by atoms with Crippen LogP contribution < -0.4 is 5.73 Å². The minimum absolute atomic E-state index is 0.0677. The summed E-state index contributed by atoms with van der Waals surface area (Å²) in [6.07, 6.45) is -0.0677. The number of halogens is 3. The van der Waals surface area contributed by atoms with Crippen LogP contribution in [0.25, 0.3) is 0 Å². The van der Waals surface area contributed by atoms with E-state index in [1.165, 1.54) is 0 Å². The molecule has 0 unspecified atom stereocenters. The highest BCUT2D eigenvalue weighted by molar-refractivity contribution is 9.40. The van der Waals surface area contributed by atoms with Crippen LogP contribution in [0.1, 0.15) is 6.42 Å². The molecule has 0 aromatic rings. The van der Waals surface area contributed by atoms with Gasteiger partial charge in [0.1, 0.15) is 0 Å². The van der Waals surface area contributed by atoms with E-state index in [1.54, 1.807) is 0 Å². The van der Waals surface area contributed by atoms with Crippen LogP contribution in [0.2, 0.25) is 0 Å². The number of carbonyl (C=O) groups is 1. The van der Waals surface area contributed by atoms with Gasteiger partial charge in [0, 0.05) is 0 Å². The third-order valence-electron chi connectivity index (χ3n) is 0.693. The minimum Gasteiger partial charge on any atom is -0.369 e. The standard InChI is InChI=1S/C4H5Br3N2O/c5-4(6,7)2(8)1-3(9)10/h8H,1H2,(H2,9,10). The lowest BCUT2D eigenvalue weighted by Crippen LogP contribution is -2.23. The van der Waals surface area contributed by atoms with Crippen LogP contribution in [-0.2, 0) is 4.79 Å². The van der Waals surface area contributed by atoms with Gasteiger partial charge in [-0.2, -0.15) is 0 Å². The van der Waals surface area contributed by atoms with E-state index < -0.39 is 8.05 Å². The molecule has 0 saturated heterocycles. The highest BCUT2D eigenvalue weighted by atomic mass is 80.0. The molecule has 0 spiro atoms. The number of hydrogen-bond acceptors (Lipinski definition) is 2. The second-order valence-corrected chi connectivity index (χ2v) is 8.38. The molecular weight excluding hydrogens is 332 g/mol. The lowest BCUT2D eigenvalue weighted by Gasteiger charge is -2.11. The van der Waals surface area contributed by atoms with Gasteiger partial charge in [-0.1, -0.05) is 47.8 Å². The first-order chi connectivity index (χ1) is 4.34. The first-order valence-corrected chi connectivity index (χ1v) is 4.65. The van der Waals surface area contributed by atoms with Crippen molar-refractivity contribution in [2.45, 2.75) is 8.56 Å². The fourth-order valence-corrected chi connectivity index (χ4v) is 0.695. The van der Waals surface area contributed by atoms with E-state index in [-0.39, 0.29) is 12.1 Å². The van der Waals surface area contributed by atoms with Crippen molar-refractivity contribution < 1.29 is 4.79 Å². The number of carbonyl (C=O) groups excluding carboxylic acids is 1. The van der Waals surface area contributed by atoms with Gasteiger partial charge >= 0.3 is 0 Å². The van der Waals surface area contributed by atoms with Gasteiger partial charge in [0.2, 0.25) is 5.91 Å². The van der Waals surface area contributed by atoms with Gasteiger partial charge in [-0.15, -0.1) is 0 Å². The van der Waals surface area contributed by atoms with E-state index in [4.69, 9.17) is 11.1 Å². The Labute approximate surface area is 83.6 Å². The molecule has 0 saturated carbocycles. The first-order valence-electron chi connectivity index (χ1n) is 2.27. The zero-order chi connectivity index (χ0) is 8.36. The van der Waals surface area contributed by atoms with Crippen molar-refractivity contribution >= 4 is 59.4 Å². The van der Waals surface area contributed by atoms with Crippen LogP contribution in [0.15, 0.2) is 0 Å². The first kappa shape index (κ1) is 10.6. The summed E-state index contributed by atoms with van der Waals surface area (Å²) >= 11 is 9.22. The molecule has 0 aromatic heterocycles. The predicted molar refractivity (Wildman–Crippen MR) is 51.1 cm³/mol. The maximum Gasteiger partial charge on any atom is 0.223 e. The number of hydrogen-bond donors (Lipinski definition) is 2. The van der Waals surface area contributed by atoms with Gasteiger partial charge in [-0.25, -0.2) is 0 Å². The van der Waals surface area contributed by atoms with Crippen LogP contribution in [0.5, 0.6) is 0 Å². The van der Waals surface area contributed by atoms with E-state index >= 15 is 0 Å². The van der Waals surface area contributed by atoms with Gasteiger partial charge in [-0.3, -0.25) is 4.79 Å². The van der Waals surface area contributed by atoms with E-state index in [9.17, 15) is 4.79 Å². The van der Waals surface area contributed by atoms with Crippen molar-refractivity contribution in [1.82, 2.24) is 0 Å². The molecule has 3 N–H and O–H groups in total. The van der Waals surface area contributed by atoms with Gasteiger partial charge in [-0.05, 0) is 0 Å². The Kier molecular flexibility index (Phi) is 4.05. The number of alkyl halides is 3. The SMILES string of the molecule is N=C(CC(N)=O)C(Br)(Br)Br. The van der Waals surface area contributed by atoms with Gasteiger partial charge in [0.15, 0.2) is 2.14 Å². The predicted octanol–water partition coefficient (Wildman–Crippen LogP) is 1.72. The molecule has 0 aliphatic rings. The number of rotatable bonds is 2. The van der Waals surface area contributed by atoms with Crippen molar-refractivity contribution in [3.63, 3.8) is 0 Å². The molecule has 58 valence electrons. The Balaban J connectivity index is 3.99. The maximum absolute atomic E-state index is 10.3. The Hall–Kier alpha value is 0.580. The van der Waals surface area contributed by atoms with Crippen molar-refractivity contribution in [2.75, 3.05) is 0 Å². The summed E-state index contributed by atoms with van der Waals surface area (Å²) < 4.78 is -0.790. The molecule has 0 bridgehead atoms. The molecule has 0 heterocycles. The van der Waals surface area contributed by atoms with E-state index in [1.807, 2.05) is 0 Å². The van der Waals surface area contributed by atoms with Crippen LogP contribution >= 0.6 is 47.8 Å². The summed E-state index contributed by atoms with van der Waals surface area (Å²) in [5, 5.41) is 7.23. The quantitative estimate of drug-likeness (QED) is 0.585. The van der Waals surface area contributed by atoms with Crippen LogP contribution in [0.4, 0.5) is 0 Å². The van der Waals surface area contributed by atoms with E-state index in [2.05, 4.69) is 47.8 Å². The van der Waals surface area contributed by atoms with Crippen LogP contribution in [0, 0.1) is 5.41 Å². The summed E-state index contributed by atoms with van der Waals surface area (Å²) in [7, 11) is 0. The van der Waals surface area contributed by atoms with Gasteiger partial charge in [0.25, 0.3) is 0 Å². The zero-order valence-electron chi connectivity index (χ0n) is 4.83. The van der Waals surface area contributed by atoms with Gasteiger partial charge in [0.05, 0.1) is 12.1 Å². The molecule has 1 amide bonds. The zero-order valence-corrected chi connectivity index (χ0v) is 9.58. The maximum atomic E-state index is 10.3. The molecule has 0 radical (unpaired) electrons. The second kappa shape index (κ2) is 3.82. The molecule has 0 rings (SSSR count). The second-order valence-electron chi connectivity index (χ2n) is 1.62.